The number of fused-ring (bicyclic) bond motifs is 1. The predicted octanol–water partition coefficient (Wildman–Crippen LogP) is 2.71. The fourth-order valence-electron chi connectivity index (χ4n) is 3.18. The molecule has 1 atom stereocenters. The van der Waals surface area contributed by atoms with Crippen molar-refractivity contribution in [2.75, 3.05) is 39.3 Å². The first-order valence-electron chi connectivity index (χ1n) is 8.17. The van der Waals surface area contributed by atoms with Crippen LogP contribution >= 0.6 is 0 Å². The molecule has 1 aromatic carbocycles. The minimum atomic E-state index is 0.245. The lowest BCUT2D eigenvalue weighted by Crippen LogP contribution is -2.48. The Morgan fingerprint density at radius 2 is 2.09 bits per heavy atom. The molecule has 2 rings (SSSR count). The number of likely N-dealkylation sites (N-methyl/N-ethyl adjacent to an activating group) is 1. The third kappa shape index (κ3) is 4.31. The van der Waals surface area contributed by atoms with Crippen LogP contribution in [0.1, 0.15) is 31.2 Å². The fraction of sp³-hybridized carbons (Fsp3) is 0.611. The highest BCUT2D eigenvalue weighted by atomic mass is 16.5. The molecule has 1 aliphatic heterocycles. The molecule has 0 radical (unpaired) electrons. The summed E-state index contributed by atoms with van der Waals surface area (Å²) in [5.41, 5.74) is 2.40. The Hall–Kier alpha value is -1.39. The Morgan fingerprint density at radius 3 is 2.82 bits per heavy atom. The van der Waals surface area contributed by atoms with Gasteiger partial charge in [-0.2, -0.15) is 0 Å². The number of anilines is 1. The van der Waals surface area contributed by atoms with Crippen LogP contribution in [0.5, 0.6) is 0 Å². The van der Waals surface area contributed by atoms with Crippen molar-refractivity contribution in [3.8, 4) is 0 Å². The summed E-state index contributed by atoms with van der Waals surface area (Å²) in [5.74, 6) is 0.245. The van der Waals surface area contributed by atoms with Crippen LogP contribution in [0.25, 0.3) is 0 Å². The van der Waals surface area contributed by atoms with E-state index in [1.165, 1.54) is 5.56 Å². The molecule has 0 spiro atoms. The molecule has 1 aliphatic rings. The van der Waals surface area contributed by atoms with E-state index < -0.39 is 0 Å². The number of unbranched alkanes of at least 4 members (excludes halogenated alkanes) is 1. The van der Waals surface area contributed by atoms with Crippen molar-refractivity contribution in [3.63, 3.8) is 0 Å². The van der Waals surface area contributed by atoms with E-state index in [-0.39, 0.29) is 11.9 Å². The van der Waals surface area contributed by atoms with Crippen molar-refractivity contribution in [3.05, 3.63) is 29.8 Å². The maximum atomic E-state index is 12.8. The van der Waals surface area contributed by atoms with E-state index in [2.05, 4.69) is 37.2 Å². The van der Waals surface area contributed by atoms with Gasteiger partial charge in [-0.15, -0.1) is 0 Å². The molecule has 0 aliphatic carbocycles. The topological polar surface area (TPSA) is 32.8 Å². The first kappa shape index (κ1) is 17.0. The quantitative estimate of drug-likeness (QED) is 0.726. The molecule has 0 saturated heterocycles. The predicted molar refractivity (Wildman–Crippen MR) is 90.3 cm³/mol. The Kier molecular flexibility index (Phi) is 6.40. The van der Waals surface area contributed by atoms with Crippen LogP contribution in [0.15, 0.2) is 24.3 Å². The molecule has 0 unspecified atom stereocenters. The number of carbonyl (C=O) groups is 1. The Balaban J connectivity index is 2.12. The zero-order valence-corrected chi connectivity index (χ0v) is 14.0. The van der Waals surface area contributed by atoms with E-state index in [0.29, 0.717) is 6.42 Å². The summed E-state index contributed by atoms with van der Waals surface area (Å²) >= 11 is 0. The summed E-state index contributed by atoms with van der Waals surface area (Å²) < 4.78 is 5.07. The van der Waals surface area contributed by atoms with Crippen LogP contribution in [0, 0.1) is 0 Å². The van der Waals surface area contributed by atoms with Crippen molar-refractivity contribution in [1.29, 1.82) is 0 Å². The van der Waals surface area contributed by atoms with Gasteiger partial charge in [-0.1, -0.05) is 18.2 Å². The minimum Gasteiger partial charge on any atom is -0.385 e. The maximum absolute atomic E-state index is 12.8. The molecule has 122 valence electrons. The van der Waals surface area contributed by atoms with Crippen molar-refractivity contribution in [2.24, 2.45) is 0 Å². The molecule has 0 N–H and O–H groups in total. The van der Waals surface area contributed by atoms with Crippen LogP contribution < -0.4 is 4.90 Å². The van der Waals surface area contributed by atoms with Crippen molar-refractivity contribution in [1.82, 2.24) is 4.90 Å². The summed E-state index contributed by atoms with van der Waals surface area (Å²) in [6.07, 6.45) is 4.53. The second-order valence-electron chi connectivity index (χ2n) is 6.30. The van der Waals surface area contributed by atoms with E-state index in [4.69, 9.17) is 4.74 Å². The average molecular weight is 304 g/mol. The molecule has 0 saturated carbocycles. The third-order valence-corrected chi connectivity index (χ3v) is 4.20. The molecule has 4 nitrogen and oxygen atoms in total. The van der Waals surface area contributed by atoms with Crippen molar-refractivity contribution >= 4 is 11.6 Å². The summed E-state index contributed by atoms with van der Waals surface area (Å²) in [5, 5.41) is 0. The summed E-state index contributed by atoms with van der Waals surface area (Å²) in [7, 11) is 5.85. The summed E-state index contributed by atoms with van der Waals surface area (Å²) in [4.78, 5) is 17.0. The number of methoxy groups -OCH3 is 1. The fourth-order valence-corrected chi connectivity index (χ4v) is 3.18. The lowest BCUT2D eigenvalue weighted by Gasteiger charge is -2.38. The third-order valence-electron chi connectivity index (χ3n) is 4.20. The van der Waals surface area contributed by atoms with Gasteiger partial charge in [-0.3, -0.25) is 4.79 Å². The van der Waals surface area contributed by atoms with Gasteiger partial charge in [0.15, 0.2) is 0 Å². The zero-order valence-electron chi connectivity index (χ0n) is 14.0. The Bertz CT molecular complexity index is 488. The molecule has 1 heterocycles. The van der Waals surface area contributed by atoms with Gasteiger partial charge in [-0.25, -0.2) is 0 Å². The highest BCUT2D eigenvalue weighted by molar-refractivity contribution is 5.95. The average Bonchev–Trinajstić information content (AvgIpc) is 2.50. The van der Waals surface area contributed by atoms with Gasteiger partial charge >= 0.3 is 0 Å². The SMILES string of the molecule is COCCCCC(=O)N1c2ccccc2CC[C@@H]1CN(C)C. The second kappa shape index (κ2) is 8.30. The van der Waals surface area contributed by atoms with E-state index in [1.807, 2.05) is 11.0 Å². The summed E-state index contributed by atoms with van der Waals surface area (Å²) in [6, 6.07) is 8.60. The van der Waals surface area contributed by atoms with Gasteiger partial charge in [0, 0.05) is 38.4 Å². The molecule has 0 bridgehead atoms. The van der Waals surface area contributed by atoms with E-state index >= 15 is 0 Å². The van der Waals surface area contributed by atoms with Gasteiger partial charge in [0.1, 0.15) is 0 Å². The molecule has 0 fully saturated rings. The number of rotatable bonds is 7. The van der Waals surface area contributed by atoms with Gasteiger partial charge in [0.05, 0.1) is 0 Å². The highest BCUT2D eigenvalue weighted by Crippen LogP contribution is 2.31. The molecule has 1 aromatic rings. The first-order valence-corrected chi connectivity index (χ1v) is 8.17. The molecular weight excluding hydrogens is 276 g/mol. The number of hydrogen-bond acceptors (Lipinski definition) is 3. The number of amides is 1. The molecule has 1 amide bonds. The largest absolute Gasteiger partial charge is 0.385 e. The minimum absolute atomic E-state index is 0.245. The number of hydrogen-bond donors (Lipinski definition) is 0. The lowest BCUT2D eigenvalue weighted by atomic mass is 9.94. The highest BCUT2D eigenvalue weighted by Gasteiger charge is 2.30. The number of nitrogens with zero attached hydrogens (tertiary/aromatic N) is 2. The van der Waals surface area contributed by atoms with Gasteiger partial charge in [0.25, 0.3) is 0 Å². The van der Waals surface area contributed by atoms with Crippen LogP contribution in [0.4, 0.5) is 5.69 Å². The van der Waals surface area contributed by atoms with Crippen LogP contribution in [0.2, 0.25) is 0 Å². The van der Waals surface area contributed by atoms with Gasteiger partial charge < -0.3 is 14.5 Å². The molecular formula is C18H28N2O2. The van der Waals surface area contributed by atoms with Gasteiger partial charge in [-0.05, 0) is 51.4 Å². The van der Waals surface area contributed by atoms with Crippen LogP contribution in [-0.4, -0.2) is 51.2 Å². The van der Waals surface area contributed by atoms with Crippen molar-refractivity contribution in [2.45, 2.75) is 38.1 Å². The first-order chi connectivity index (χ1) is 10.6. The van der Waals surface area contributed by atoms with E-state index in [1.54, 1.807) is 7.11 Å². The van der Waals surface area contributed by atoms with E-state index in [0.717, 1.165) is 44.5 Å². The van der Waals surface area contributed by atoms with Crippen LogP contribution in [0.3, 0.4) is 0 Å². The molecule has 22 heavy (non-hydrogen) atoms. The standard InChI is InChI=1S/C18H28N2O2/c1-19(2)14-16-12-11-15-8-4-5-9-17(15)20(16)18(21)10-6-7-13-22-3/h4-5,8-9,16H,6-7,10-14H2,1-3H3/t16-/m1/s1. The maximum Gasteiger partial charge on any atom is 0.227 e. The number of aryl methyl sites for hydroxylation is 1. The number of ether oxygens (including phenoxy) is 1. The molecule has 4 heteroatoms. The van der Waals surface area contributed by atoms with Crippen molar-refractivity contribution < 1.29 is 9.53 Å². The zero-order chi connectivity index (χ0) is 15.9. The van der Waals surface area contributed by atoms with Crippen LogP contribution in [-0.2, 0) is 16.0 Å². The smallest absolute Gasteiger partial charge is 0.227 e. The monoisotopic (exact) mass is 304 g/mol. The lowest BCUT2D eigenvalue weighted by molar-refractivity contribution is -0.119. The number of benzene rings is 1. The van der Waals surface area contributed by atoms with Gasteiger partial charge in [0.2, 0.25) is 5.91 Å². The Labute approximate surface area is 134 Å². The van der Waals surface area contributed by atoms with E-state index in [9.17, 15) is 4.79 Å². The Morgan fingerprint density at radius 1 is 1.32 bits per heavy atom. The second-order valence-corrected chi connectivity index (χ2v) is 6.30. The normalized spacial score (nSPS) is 17.6. The number of carbonyl (C=O) groups excluding carboxylic acids is 1. The number of para-hydroxylation sites is 1. The molecule has 0 aromatic heterocycles. The summed E-state index contributed by atoms with van der Waals surface area (Å²) in [6.45, 7) is 1.64.